The van der Waals surface area contributed by atoms with Crippen molar-refractivity contribution in [3.63, 3.8) is 0 Å². The number of hydrogen-bond acceptors (Lipinski definition) is 3. The van der Waals surface area contributed by atoms with Gasteiger partial charge in [0.2, 0.25) is 4.38 Å². The highest BCUT2D eigenvalue weighted by atomic mass is 32.2. The maximum Gasteiger partial charge on any atom is 0.226 e. The van der Waals surface area contributed by atoms with Gasteiger partial charge >= 0.3 is 0 Å². The molecule has 0 heterocycles. The average Bonchev–Trinajstić information content (AvgIpc) is 2.27. The van der Waals surface area contributed by atoms with Crippen molar-refractivity contribution in [3.8, 4) is 5.75 Å². The van der Waals surface area contributed by atoms with Crippen LogP contribution in [-0.2, 0) is 0 Å². The van der Waals surface area contributed by atoms with Gasteiger partial charge in [0.05, 0.1) is 0 Å². The lowest BCUT2D eigenvalue weighted by atomic mass is 10.1. The molecule has 0 atom stereocenters. The fourth-order valence-corrected chi connectivity index (χ4v) is 2.75. The molecule has 0 aromatic heterocycles. The lowest BCUT2D eigenvalue weighted by molar-refractivity contribution is 0.580. The van der Waals surface area contributed by atoms with Crippen LogP contribution in [0.3, 0.4) is 0 Å². The van der Waals surface area contributed by atoms with Crippen molar-refractivity contribution in [1.82, 2.24) is 0 Å². The highest BCUT2D eigenvalue weighted by Gasteiger charge is 2.04. The Morgan fingerprint density at radius 2 is 1.82 bits per heavy atom. The third-order valence-corrected chi connectivity index (χ3v) is 3.37. The summed E-state index contributed by atoms with van der Waals surface area (Å²) >= 11 is 6.74. The van der Waals surface area contributed by atoms with Crippen LogP contribution < -0.4 is 4.74 Å². The van der Waals surface area contributed by atoms with Crippen molar-refractivity contribution in [2.75, 3.05) is 0 Å². The summed E-state index contributed by atoms with van der Waals surface area (Å²) in [5.41, 5.74) is 0. The Bertz CT molecular complexity index is 534. The van der Waals surface area contributed by atoms with Crippen LogP contribution in [0.4, 0.5) is 0 Å². The third-order valence-electron chi connectivity index (χ3n) is 2.25. The van der Waals surface area contributed by atoms with E-state index in [1.54, 1.807) is 11.8 Å². The number of hydrogen-bond donors (Lipinski definition) is 0. The molecule has 0 unspecified atom stereocenters. The largest absolute Gasteiger partial charge is 0.440 e. The molecule has 0 aliphatic heterocycles. The molecule has 0 amide bonds. The van der Waals surface area contributed by atoms with Crippen LogP contribution in [0.5, 0.6) is 5.75 Å². The van der Waals surface area contributed by atoms with E-state index < -0.39 is 0 Å². The van der Waals surface area contributed by atoms with Crippen molar-refractivity contribution in [1.29, 1.82) is 0 Å². The van der Waals surface area contributed by atoms with Gasteiger partial charge in [-0.15, -0.1) is 0 Å². The molecule has 0 saturated heterocycles. The van der Waals surface area contributed by atoms with Gasteiger partial charge in [-0.05, 0) is 35.1 Å². The summed E-state index contributed by atoms with van der Waals surface area (Å²) in [5.74, 6) is 0.807. The first-order chi connectivity index (χ1) is 8.15. The second kappa shape index (κ2) is 5.52. The Hall–Kier alpha value is -1.06. The van der Waals surface area contributed by atoms with Gasteiger partial charge in [0.1, 0.15) is 5.75 Å². The molecule has 0 bridgehead atoms. The van der Waals surface area contributed by atoms with E-state index in [4.69, 9.17) is 17.0 Å². The molecule has 3 heteroatoms. The number of benzene rings is 2. The number of thiocarbonyl (C=S) groups is 1. The van der Waals surface area contributed by atoms with Crippen LogP contribution in [0.1, 0.15) is 13.8 Å². The maximum atomic E-state index is 5.63. The van der Waals surface area contributed by atoms with Crippen LogP contribution in [0.15, 0.2) is 42.5 Å². The van der Waals surface area contributed by atoms with Crippen LogP contribution in [0.2, 0.25) is 0 Å². The van der Waals surface area contributed by atoms with Crippen molar-refractivity contribution in [2.24, 2.45) is 0 Å². The first-order valence-corrected chi connectivity index (χ1v) is 6.81. The summed E-state index contributed by atoms with van der Waals surface area (Å²) in [4.78, 5) is 0. The fourth-order valence-electron chi connectivity index (χ4n) is 1.54. The molecule has 2 aromatic carbocycles. The Balaban J connectivity index is 2.17. The Morgan fingerprint density at radius 1 is 1.12 bits per heavy atom. The third kappa shape index (κ3) is 3.45. The van der Waals surface area contributed by atoms with Gasteiger partial charge in [-0.3, -0.25) is 0 Å². The lowest BCUT2D eigenvalue weighted by Crippen LogP contribution is -2.03. The molecule has 88 valence electrons. The summed E-state index contributed by atoms with van der Waals surface area (Å²) in [6.45, 7) is 4.20. The predicted molar refractivity (Wildman–Crippen MR) is 79.9 cm³/mol. The summed E-state index contributed by atoms with van der Waals surface area (Å²) in [6, 6.07) is 14.2. The molecular weight excluding hydrogens is 248 g/mol. The van der Waals surface area contributed by atoms with E-state index in [-0.39, 0.29) is 0 Å². The molecule has 2 rings (SSSR count). The minimum Gasteiger partial charge on any atom is -0.440 e. The predicted octanol–water partition coefficient (Wildman–Crippen LogP) is 4.65. The van der Waals surface area contributed by atoms with Crippen molar-refractivity contribution in [3.05, 3.63) is 42.5 Å². The Morgan fingerprint density at radius 3 is 2.53 bits per heavy atom. The molecule has 0 aliphatic rings. The van der Waals surface area contributed by atoms with Crippen LogP contribution in [0.25, 0.3) is 10.8 Å². The van der Waals surface area contributed by atoms with Crippen molar-refractivity contribution >= 4 is 39.1 Å². The van der Waals surface area contributed by atoms with E-state index >= 15 is 0 Å². The summed E-state index contributed by atoms with van der Waals surface area (Å²) in [7, 11) is 0. The zero-order chi connectivity index (χ0) is 12.3. The Labute approximate surface area is 111 Å². The SMILES string of the molecule is CC(C)SC(=S)Oc1ccc2ccccc2c1. The number of ether oxygens (including phenoxy) is 1. The zero-order valence-corrected chi connectivity index (χ0v) is 11.5. The lowest BCUT2D eigenvalue weighted by Gasteiger charge is -2.09. The number of fused-ring (bicyclic) bond motifs is 1. The molecule has 0 spiro atoms. The normalized spacial score (nSPS) is 10.8. The van der Waals surface area contributed by atoms with Crippen LogP contribution >= 0.6 is 24.0 Å². The van der Waals surface area contributed by atoms with E-state index in [1.807, 2.05) is 30.3 Å². The maximum absolute atomic E-state index is 5.63. The molecule has 0 aliphatic carbocycles. The molecule has 0 radical (unpaired) electrons. The van der Waals surface area contributed by atoms with E-state index in [2.05, 4.69) is 26.0 Å². The first-order valence-electron chi connectivity index (χ1n) is 5.52. The van der Waals surface area contributed by atoms with Gasteiger partial charge in [-0.25, -0.2) is 0 Å². The number of rotatable bonds is 2. The smallest absolute Gasteiger partial charge is 0.226 e. The van der Waals surface area contributed by atoms with Crippen molar-refractivity contribution < 1.29 is 4.74 Å². The molecule has 0 saturated carbocycles. The van der Waals surface area contributed by atoms with Gasteiger partial charge in [-0.1, -0.05) is 55.9 Å². The average molecular weight is 262 g/mol. The second-order valence-corrected chi connectivity index (χ2v) is 6.21. The molecule has 1 nitrogen and oxygen atoms in total. The molecule has 2 aromatic rings. The number of thioether (sulfide) groups is 1. The minimum atomic E-state index is 0.447. The highest BCUT2D eigenvalue weighted by molar-refractivity contribution is 8.23. The molecule has 0 fully saturated rings. The monoisotopic (exact) mass is 262 g/mol. The topological polar surface area (TPSA) is 9.23 Å². The molecular formula is C14H14OS2. The quantitative estimate of drug-likeness (QED) is 0.729. The Kier molecular flexibility index (Phi) is 4.02. The van der Waals surface area contributed by atoms with Crippen LogP contribution in [0, 0.1) is 0 Å². The summed E-state index contributed by atoms with van der Waals surface area (Å²) in [6.07, 6.45) is 0. The highest BCUT2D eigenvalue weighted by Crippen LogP contribution is 2.23. The van der Waals surface area contributed by atoms with Crippen LogP contribution in [-0.4, -0.2) is 9.63 Å². The van der Waals surface area contributed by atoms with Gasteiger partial charge < -0.3 is 4.74 Å². The van der Waals surface area contributed by atoms with E-state index in [0.29, 0.717) is 9.63 Å². The van der Waals surface area contributed by atoms with Gasteiger partial charge in [0.25, 0.3) is 0 Å². The second-order valence-electron chi connectivity index (χ2n) is 4.03. The fraction of sp³-hybridized carbons (Fsp3) is 0.214. The first kappa shape index (κ1) is 12.4. The van der Waals surface area contributed by atoms with Gasteiger partial charge in [0.15, 0.2) is 0 Å². The molecule has 0 N–H and O–H groups in total. The van der Waals surface area contributed by atoms with Gasteiger partial charge in [-0.2, -0.15) is 0 Å². The van der Waals surface area contributed by atoms with E-state index in [0.717, 1.165) is 5.75 Å². The minimum absolute atomic E-state index is 0.447. The summed E-state index contributed by atoms with van der Waals surface area (Å²) in [5, 5.41) is 2.83. The standard InChI is InChI=1S/C14H14OS2/c1-10(2)17-14(16)15-13-8-7-11-5-3-4-6-12(11)9-13/h3-10H,1-2H3. The zero-order valence-electron chi connectivity index (χ0n) is 9.84. The van der Waals surface area contributed by atoms with Crippen molar-refractivity contribution in [2.45, 2.75) is 19.1 Å². The molecule has 17 heavy (non-hydrogen) atoms. The summed E-state index contributed by atoms with van der Waals surface area (Å²) < 4.78 is 6.21. The van der Waals surface area contributed by atoms with E-state index in [1.165, 1.54) is 10.8 Å². The van der Waals surface area contributed by atoms with Gasteiger partial charge in [0, 0.05) is 5.25 Å². The van der Waals surface area contributed by atoms with E-state index in [9.17, 15) is 0 Å².